The molecule has 0 bridgehead atoms. The van der Waals surface area contributed by atoms with Gasteiger partial charge >= 0.3 is 0 Å². The molecule has 1 aromatic rings. The van der Waals surface area contributed by atoms with Crippen molar-refractivity contribution in [1.82, 2.24) is 10.6 Å². The number of nitrogens with two attached hydrogens (primary N) is 1. The summed E-state index contributed by atoms with van der Waals surface area (Å²) in [6, 6.07) is 10.3. The highest BCUT2D eigenvalue weighted by Crippen LogP contribution is 2.35. The molecule has 0 saturated carbocycles. The van der Waals surface area contributed by atoms with Gasteiger partial charge in [-0.05, 0) is 19.5 Å². The number of guanidine groups is 1. The molecule has 0 fully saturated rings. The standard InChI is InChI=1S/C15H20N4O/c1-15(17-2)12-9-20-8-11(10-6-4-3-5-7-10)13(12)18-14(16)19-15/h3-7,11,17H,8-9H2,1-2H3,(H3,16,18,19). The summed E-state index contributed by atoms with van der Waals surface area (Å²) in [7, 11) is 1.89. The van der Waals surface area contributed by atoms with Crippen LogP contribution < -0.4 is 16.4 Å². The van der Waals surface area contributed by atoms with E-state index in [9.17, 15) is 0 Å². The minimum Gasteiger partial charge on any atom is -0.376 e. The first-order valence-electron chi connectivity index (χ1n) is 6.81. The molecule has 5 heteroatoms. The van der Waals surface area contributed by atoms with Crippen LogP contribution in [0.25, 0.3) is 0 Å². The van der Waals surface area contributed by atoms with Gasteiger partial charge in [0.25, 0.3) is 0 Å². The quantitative estimate of drug-likeness (QED) is 0.748. The lowest BCUT2D eigenvalue weighted by Gasteiger charge is -2.40. The molecule has 0 radical (unpaired) electrons. The topological polar surface area (TPSA) is 71.7 Å². The molecule has 0 aliphatic carbocycles. The molecule has 1 aromatic carbocycles. The summed E-state index contributed by atoms with van der Waals surface area (Å²) in [4.78, 5) is 4.48. The molecule has 0 amide bonds. The Morgan fingerprint density at radius 2 is 2.15 bits per heavy atom. The van der Waals surface area contributed by atoms with Gasteiger partial charge in [-0.2, -0.15) is 0 Å². The maximum Gasteiger partial charge on any atom is 0.195 e. The van der Waals surface area contributed by atoms with Crippen LogP contribution in [0.1, 0.15) is 18.4 Å². The van der Waals surface area contributed by atoms with E-state index in [1.54, 1.807) is 0 Å². The fraction of sp³-hybridized carbons (Fsp3) is 0.400. The second-order valence-corrected chi connectivity index (χ2v) is 5.31. The van der Waals surface area contributed by atoms with Crippen molar-refractivity contribution in [3.63, 3.8) is 0 Å². The molecule has 0 spiro atoms. The van der Waals surface area contributed by atoms with E-state index in [-0.39, 0.29) is 5.92 Å². The zero-order chi connectivity index (χ0) is 14.2. The van der Waals surface area contributed by atoms with E-state index in [0.29, 0.717) is 19.2 Å². The molecule has 0 aromatic heterocycles. The monoisotopic (exact) mass is 272 g/mol. The van der Waals surface area contributed by atoms with Crippen LogP contribution in [0.15, 0.2) is 46.6 Å². The third kappa shape index (κ3) is 2.09. The van der Waals surface area contributed by atoms with Gasteiger partial charge in [-0.25, -0.2) is 4.99 Å². The van der Waals surface area contributed by atoms with E-state index in [4.69, 9.17) is 10.5 Å². The third-order valence-electron chi connectivity index (χ3n) is 4.09. The van der Waals surface area contributed by atoms with Crippen molar-refractivity contribution in [2.24, 2.45) is 10.7 Å². The third-order valence-corrected chi connectivity index (χ3v) is 4.09. The Balaban J connectivity index is 2.06. The van der Waals surface area contributed by atoms with Crippen LogP contribution in [0.3, 0.4) is 0 Å². The highest BCUT2D eigenvalue weighted by atomic mass is 16.5. The van der Waals surface area contributed by atoms with Gasteiger partial charge < -0.3 is 15.8 Å². The fourth-order valence-electron chi connectivity index (χ4n) is 2.84. The second-order valence-electron chi connectivity index (χ2n) is 5.31. The summed E-state index contributed by atoms with van der Waals surface area (Å²) in [5, 5.41) is 6.48. The number of hydrogen-bond donors (Lipinski definition) is 3. The number of likely N-dealkylation sites (N-methyl/N-ethyl adjacent to an activating group) is 1. The Morgan fingerprint density at radius 3 is 2.85 bits per heavy atom. The number of aliphatic imine (C=N–C) groups is 1. The van der Waals surface area contributed by atoms with Crippen molar-refractivity contribution in [3.8, 4) is 0 Å². The molecular formula is C15H20N4O. The summed E-state index contributed by atoms with van der Waals surface area (Å²) in [6.45, 7) is 3.25. The van der Waals surface area contributed by atoms with Gasteiger partial charge in [0, 0.05) is 17.2 Å². The first-order chi connectivity index (χ1) is 9.64. The summed E-state index contributed by atoms with van der Waals surface area (Å²) < 4.78 is 5.79. The Hall–Kier alpha value is -1.85. The molecule has 0 saturated heterocycles. The lowest BCUT2D eigenvalue weighted by molar-refractivity contribution is 0.117. The van der Waals surface area contributed by atoms with Gasteiger partial charge in [0.2, 0.25) is 0 Å². The van der Waals surface area contributed by atoms with Crippen LogP contribution >= 0.6 is 0 Å². The van der Waals surface area contributed by atoms with E-state index in [1.807, 2.05) is 32.2 Å². The minimum absolute atomic E-state index is 0.168. The second kappa shape index (κ2) is 4.92. The van der Waals surface area contributed by atoms with Crippen molar-refractivity contribution < 1.29 is 4.74 Å². The molecule has 4 N–H and O–H groups in total. The predicted octanol–water partition coefficient (Wildman–Crippen LogP) is 0.908. The van der Waals surface area contributed by atoms with Crippen LogP contribution in [0.5, 0.6) is 0 Å². The largest absolute Gasteiger partial charge is 0.376 e. The molecule has 2 atom stereocenters. The number of nitrogens with one attached hydrogen (secondary N) is 2. The number of nitrogens with zero attached hydrogens (tertiary/aromatic N) is 1. The van der Waals surface area contributed by atoms with E-state index in [1.165, 1.54) is 5.56 Å². The molecule has 2 aliphatic heterocycles. The van der Waals surface area contributed by atoms with Crippen LogP contribution in [-0.4, -0.2) is 31.9 Å². The molecule has 2 heterocycles. The van der Waals surface area contributed by atoms with Crippen LogP contribution in [-0.2, 0) is 4.74 Å². The van der Waals surface area contributed by atoms with Gasteiger partial charge in [0.05, 0.1) is 13.2 Å². The molecule has 2 aliphatic rings. The lowest BCUT2D eigenvalue weighted by atomic mass is 9.86. The normalized spacial score (nSPS) is 29.5. The Labute approximate surface area is 118 Å². The summed E-state index contributed by atoms with van der Waals surface area (Å²) in [5.74, 6) is 0.616. The number of hydrogen-bond acceptors (Lipinski definition) is 5. The number of benzene rings is 1. The lowest BCUT2D eigenvalue weighted by Crippen LogP contribution is -2.53. The van der Waals surface area contributed by atoms with Gasteiger partial charge in [0.15, 0.2) is 5.96 Å². The van der Waals surface area contributed by atoms with Crippen molar-refractivity contribution in [2.75, 3.05) is 20.3 Å². The van der Waals surface area contributed by atoms with Crippen LogP contribution in [0, 0.1) is 0 Å². The predicted molar refractivity (Wildman–Crippen MR) is 79.3 cm³/mol. The Morgan fingerprint density at radius 1 is 1.40 bits per heavy atom. The van der Waals surface area contributed by atoms with E-state index in [0.717, 1.165) is 11.3 Å². The minimum atomic E-state index is -0.502. The average Bonchev–Trinajstić information content (AvgIpc) is 2.47. The fourth-order valence-corrected chi connectivity index (χ4v) is 2.84. The first kappa shape index (κ1) is 13.1. The molecular weight excluding hydrogens is 252 g/mol. The first-order valence-corrected chi connectivity index (χ1v) is 6.81. The van der Waals surface area contributed by atoms with Crippen LogP contribution in [0.2, 0.25) is 0 Å². The van der Waals surface area contributed by atoms with E-state index >= 15 is 0 Å². The van der Waals surface area contributed by atoms with Crippen molar-refractivity contribution in [3.05, 3.63) is 47.2 Å². The summed E-state index contributed by atoms with van der Waals surface area (Å²) in [5.41, 5.74) is 8.91. The van der Waals surface area contributed by atoms with Gasteiger partial charge in [0.1, 0.15) is 5.66 Å². The SMILES string of the molecule is CNC1(C)N=C(N)NC2=C1COCC2c1ccccc1. The number of rotatable bonds is 2. The molecule has 106 valence electrons. The maximum atomic E-state index is 5.96. The van der Waals surface area contributed by atoms with Crippen LogP contribution in [0.4, 0.5) is 0 Å². The molecule has 5 nitrogen and oxygen atoms in total. The van der Waals surface area contributed by atoms with E-state index in [2.05, 4.69) is 27.8 Å². The molecule has 20 heavy (non-hydrogen) atoms. The zero-order valence-corrected chi connectivity index (χ0v) is 11.8. The Bertz CT molecular complexity index is 566. The molecule has 2 unspecified atom stereocenters. The summed E-state index contributed by atoms with van der Waals surface area (Å²) >= 11 is 0. The smallest absolute Gasteiger partial charge is 0.195 e. The number of ether oxygens (including phenoxy) is 1. The maximum absolute atomic E-state index is 5.96. The summed E-state index contributed by atoms with van der Waals surface area (Å²) in [6.07, 6.45) is 0. The highest BCUT2D eigenvalue weighted by Gasteiger charge is 2.38. The van der Waals surface area contributed by atoms with Crippen molar-refractivity contribution >= 4 is 5.96 Å². The van der Waals surface area contributed by atoms with Gasteiger partial charge in [-0.3, -0.25) is 5.32 Å². The van der Waals surface area contributed by atoms with Crippen molar-refractivity contribution in [2.45, 2.75) is 18.5 Å². The van der Waals surface area contributed by atoms with Gasteiger partial charge in [-0.1, -0.05) is 30.3 Å². The zero-order valence-electron chi connectivity index (χ0n) is 11.8. The average molecular weight is 272 g/mol. The Kier molecular flexibility index (Phi) is 3.23. The van der Waals surface area contributed by atoms with Crippen molar-refractivity contribution in [1.29, 1.82) is 0 Å². The highest BCUT2D eigenvalue weighted by molar-refractivity contribution is 5.82. The van der Waals surface area contributed by atoms with Gasteiger partial charge in [-0.15, -0.1) is 0 Å². The molecule has 3 rings (SSSR count). The van der Waals surface area contributed by atoms with E-state index < -0.39 is 5.66 Å².